The molecule has 0 aliphatic heterocycles. The van der Waals surface area contributed by atoms with Crippen LogP contribution in [0.15, 0.2) is 0 Å². The molecule has 0 saturated carbocycles. The van der Waals surface area contributed by atoms with Crippen LogP contribution >= 0.6 is 11.5 Å². The number of nitrogen functional groups attached to an aromatic ring is 1. The third kappa shape index (κ3) is 4.87. The number of rotatable bonds is 7. The van der Waals surface area contributed by atoms with Crippen molar-refractivity contribution in [1.82, 2.24) is 9.27 Å². The Balaban J connectivity index is 2.84. The summed E-state index contributed by atoms with van der Waals surface area (Å²) in [5.74, 6) is 1.66. The van der Waals surface area contributed by atoms with Gasteiger partial charge in [-0.05, 0) is 45.4 Å². The Kier molecular flexibility index (Phi) is 5.87. The van der Waals surface area contributed by atoms with Crippen molar-refractivity contribution in [3.63, 3.8) is 0 Å². The first kappa shape index (κ1) is 16.0. The SMILES string of the molecule is CC(C)Oc1c(N)nsc1NC(CN(C)C)C(C)C. The van der Waals surface area contributed by atoms with Crippen molar-refractivity contribution in [2.45, 2.75) is 39.8 Å². The van der Waals surface area contributed by atoms with Gasteiger partial charge in [0.1, 0.15) is 0 Å². The third-order valence-electron chi connectivity index (χ3n) is 2.71. The van der Waals surface area contributed by atoms with Crippen LogP contribution in [-0.4, -0.2) is 42.1 Å². The van der Waals surface area contributed by atoms with Crippen LogP contribution in [0.2, 0.25) is 0 Å². The van der Waals surface area contributed by atoms with Gasteiger partial charge in [0.25, 0.3) is 0 Å². The van der Waals surface area contributed by atoms with Gasteiger partial charge in [-0.15, -0.1) is 0 Å². The largest absolute Gasteiger partial charge is 0.484 e. The number of hydrogen-bond donors (Lipinski definition) is 2. The summed E-state index contributed by atoms with van der Waals surface area (Å²) in [5, 5.41) is 4.44. The summed E-state index contributed by atoms with van der Waals surface area (Å²) in [5.41, 5.74) is 5.87. The molecule has 1 heterocycles. The molecule has 6 heteroatoms. The van der Waals surface area contributed by atoms with Crippen molar-refractivity contribution in [3.05, 3.63) is 0 Å². The van der Waals surface area contributed by atoms with Gasteiger partial charge in [-0.25, -0.2) is 0 Å². The minimum Gasteiger partial charge on any atom is -0.484 e. The molecule has 0 aromatic carbocycles. The molecule has 0 saturated heterocycles. The van der Waals surface area contributed by atoms with Crippen LogP contribution in [0.5, 0.6) is 5.75 Å². The van der Waals surface area contributed by atoms with E-state index in [9.17, 15) is 0 Å². The predicted octanol–water partition coefficient (Wildman–Crippen LogP) is 2.51. The quantitative estimate of drug-likeness (QED) is 0.806. The van der Waals surface area contributed by atoms with E-state index in [-0.39, 0.29) is 6.10 Å². The fraction of sp³-hybridized carbons (Fsp3) is 0.769. The fourth-order valence-electron chi connectivity index (χ4n) is 1.72. The molecule has 19 heavy (non-hydrogen) atoms. The molecule has 0 spiro atoms. The van der Waals surface area contributed by atoms with E-state index in [0.29, 0.717) is 23.5 Å². The summed E-state index contributed by atoms with van der Waals surface area (Å²) >= 11 is 1.36. The highest BCUT2D eigenvalue weighted by Gasteiger charge is 2.20. The Labute approximate surface area is 120 Å². The van der Waals surface area contributed by atoms with E-state index in [4.69, 9.17) is 10.5 Å². The molecule has 1 atom stereocenters. The van der Waals surface area contributed by atoms with Gasteiger partial charge in [0.05, 0.1) is 6.10 Å². The second-order valence-corrected chi connectivity index (χ2v) is 6.42. The molecule has 0 amide bonds. The van der Waals surface area contributed by atoms with E-state index in [1.54, 1.807) is 0 Å². The Morgan fingerprint density at radius 3 is 2.42 bits per heavy atom. The van der Waals surface area contributed by atoms with Gasteiger partial charge < -0.3 is 20.7 Å². The monoisotopic (exact) mass is 286 g/mol. The van der Waals surface area contributed by atoms with Crippen molar-refractivity contribution < 1.29 is 4.74 Å². The lowest BCUT2D eigenvalue weighted by Gasteiger charge is -2.26. The van der Waals surface area contributed by atoms with E-state index in [2.05, 4.69) is 42.5 Å². The smallest absolute Gasteiger partial charge is 0.197 e. The highest BCUT2D eigenvalue weighted by atomic mass is 32.1. The van der Waals surface area contributed by atoms with Crippen LogP contribution in [0.1, 0.15) is 27.7 Å². The lowest BCUT2D eigenvalue weighted by Crippen LogP contribution is -2.36. The van der Waals surface area contributed by atoms with Crippen LogP contribution in [0, 0.1) is 5.92 Å². The van der Waals surface area contributed by atoms with E-state index in [1.165, 1.54) is 11.5 Å². The summed E-state index contributed by atoms with van der Waals surface area (Å²) in [6.45, 7) is 9.33. The maximum atomic E-state index is 5.87. The minimum atomic E-state index is 0.0885. The van der Waals surface area contributed by atoms with Gasteiger partial charge in [0, 0.05) is 12.6 Å². The summed E-state index contributed by atoms with van der Waals surface area (Å²) in [6, 6.07) is 0.337. The number of hydrogen-bond acceptors (Lipinski definition) is 6. The highest BCUT2D eigenvalue weighted by molar-refractivity contribution is 7.11. The van der Waals surface area contributed by atoms with Crippen molar-refractivity contribution in [2.24, 2.45) is 5.92 Å². The first-order valence-electron chi connectivity index (χ1n) is 6.64. The topological polar surface area (TPSA) is 63.4 Å². The molecule has 110 valence electrons. The molecule has 1 aromatic heterocycles. The number of nitrogens with one attached hydrogen (secondary N) is 1. The summed E-state index contributed by atoms with van der Waals surface area (Å²) in [6.07, 6.45) is 0.0885. The van der Waals surface area contributed by atoms with Crippen molar-refractivity contribution in [1.29, 1.82) is 0 Å². The zero-order valence-electron chi connectivity index (χ0n) is 12.7. The molecular weight excluding hydrogens is 260 g/mol. The van der Waals surface area contributed by atoms with Crippen molar-refractivity contribution >= 4 is 22.4 Å². The molecule has 0 aliphatic carbocycles. The number of nitrogens with zero attached hydrogens (tertiary/aromatic N) is 2. The third-order valence-corrected chi connectivity index (χ3v) is 3.48. The van der Waals surface area contributed by atoms with Crippen LogP contribution < -0.4 is 15.8 Å². The van der Waals surface area contributed by atoms with Crippen molar-refractivity contribution in [2.75, 3.05) is 31.7 Å². The molecular formula is C13H26N4OS. The first-order chi connectivity index (χ1) is 8.81. The Bertz CT molecular complexity index is 390. The van der Waals surface area contributed by atoms with Crippen LogP contribution in [0.3, 0.4) is 0 Å². The minimum absolute atomic E-state index is 0.0885. The van der Waals surface area contributed by atoms with Gasteiger partial charge in [0.2, 0.25) is 0 Å². The van der Waals surface area contributed by atoms with E-state index >= 15 is 0 Å². The number of anilines is 2. The zero-order chi connectivity index (χ0) is 14.6. The molecule has 0 radical (unpaired) electrons. The van der Waals surface area contributed by atoms with Gasteiger partial charge >= 0.3 is 0 Å². The predicted molar refractivity (Wildman–Crippen MR) is 83.1 cm³/mol. The van der Waals surface area contributed by atoms with Gasteiger partial charge in [-0.3, -0.25) is 0 Å². The van der Waals surface area contributed by atoms with E-state index in [1.807, 2.05) is 13.8 Å². The molecule has 3 N–H and O–H groups in total. The number of ether oxygens (including phenoxy) is 1. The average Bonchev–Trinajstić information content (AvgIpc) is 2.59. The molecule has 1 unspecified atom stereocenters. The summed E-state index contributed by atoms with van der Waals surface area (Å²) < 4.78 is 9.93. The molecule has 0 bridgehead atoms. The molecule has 0 fully saturated rings. The maximum absolute atomic E-state index is 5.87. The number of aromatic nitrogens is 1. The van der Waals surface area contributed by atoms with E-state index < -0.39 is 0 Å². The molecule has 5 nitrogen and oxygen atoms in total. The van der Waals surface area contributed by atoms with Crippen LogP contribution in [0.25, 0.3) is 0 Å². The van der Waals surface area contributed by atoms with Crippen molar-refractivity contribution in [3.8, 4) is 5.75 Å². The molecule has 0 aliphatic rings. The van der Waals surface area contributed by atoms with Gasteiger partial charge in [-0.2, -0.15) is 4.37 Å². The maximum Gasteiger partial charge on any atom is 0.197 e. The Morgan fingerprint density at radius 1 is 1.32 bits per heavy atom. The first-order valence-corrected chi connectivity index (χ1v) is 7.41. The second-order valence-electron chi connectivity index (χ2n) is 5.65. The Hall–Kier alpha value is -1.01. The lowest BCUT2D eigenvalue weighted by molar-refractivity contribution is 0.245. The average molecular weight is 286 g/mol. The number of likely N-dealkylation sites (N-methyl/N-ethyl adjacent to an activating group) is 1. The second kappa shape index (κ2) is 6.96. The lowest BCUT2D eigenvalue weighted by atomic mass is 10.0. The van der Waals surface area contributed by atoms with Gasteiger partial charge in [0.15, 0.2) is 16.6 Å². The van der Waals surface area contributed by atoms with Crippen LogP contribution in [0.4, 0.5) is 10.8 Å². The van der Waals surface area contributed by atoms with Gasteiger partial charge in [-0.1, -0.05) is 13.8 Å². The highest BCUT2D eigenvalue weighted by Crippen LogP contribution is 2.36. The molecule has 1 rings (SSSR count). The summed E-state index contributed by atoms with van der Waals surface area (Å²) in [4.78, 5) is 2.17. The fourth-order valence-corrected chi connectivity index (χ4v) is 2.43. The van der Waals surface area contributed by atoms with E-state index in [0.717, 1.165) is 11.5 Å². The van der Waals surface area contributed by atoms with Crippen LogP contribution in [-0.2, 0) is 0 Å². The Morgan fingerprint density at radius 2 is 1.95 bits per heavy atom. The number of nitrogens with two attached hydrogens (primary N) is 1. The summed E-state index contributed by atoms with van der Waals surface area (Å²) in [7, 11) is 4.15. The normalized spacial score (nSPS) is 13.3. The standard InChI is InChI=1S/C13H26N4OS/c1-8(2)10(7-17(5)6)15-13-11(18-9(3)4)12(14)16-19-13/h8-10,15H,7H2,1-6H3,(H2,14,16). The zero-order valence-corrected chi connectivity index (χ0v) is 13.5. The molecule has 1 aromatic rings.